The third kappa shape index (κ3) is 3.35. The molecule has 0 aliphatic carbocycles. The smallest absolute Gasteiger partial charge is 0.328 e. The molecule has 4 N–H and O–H groups in total. The Hall–Kier alpha value is -1.34. The molecule has 1 aliphatic heterocycles. The molecule has 1 heterocycles. The second kappa shape index (κ2) is 5.66. The normalized spacial score (nSPS) is 26.1. The first kappa shape index (κ1) is 12.7. The third-order valence-corrected chi connectivity index (χ3v) is 2.48. The number of urea groups is 1. The number of aliphatic carboxylic acids is 1. The molecular formula is C9H16N2O5. The number of ether oxygens (including phenoxy) is 1. The van der Waals surface area contributed by atoms with Crippen molar-refractivity contribution in [2.75, 3.05) is 13.2 Å². The van der Waals surface area contributed by atoms with Crippen LogP contribution in [0, 0.1) is 0 Å². The molecule has 7 nitrogen and oxygen atoms in total. The Morgan fingerprint density at radius 1 is 1.56 bits per heavy atom. The Balaban J connectivity index is 2.37. The minimum absolute atomic E-state index is 0.0804. The van der Waals surface area contributed by atoms with Crippen molar-refractivity contribution < 1.29 is 24.5 Å². The molecule has 0 aromatic heterocycles. The standard InChI is InChI=1S/C9H16N2O5/c1-5-6(2-3-16-5)10-9(15)11-7(4-12)8(13)14/h5-7,12H,2-4H2,1H3,(H,13,14)(H2,10,11,15)/t5?,6?,7-/m1/s1. The second-order valence-corrected chi connectivity index (χ2v) is 3.66. The molecule has 0 spiro atoms. The number of carboxylic acid groups (broad SMARTS) is 1. The summed E-state index contributed by atoms with van der Waals surface area (Å²) in [5.41, 5.74) is 0. The van der Waals surface area contributed by atoms with Gasteiger partial charge >= 0.3 is 12.0 Å². The lowest BCUT2D eigenvalue weighted by atomic mass is 10.2. The number of carboxylic acids is 1. The van der Waals surface area contributed by atoms with Crippen molar-refractivity contribution in [3.63, 3.8) is 0 Å². The van der Waals surface area contributed by atoms with E-state index in [0.29, 0.717) is 13.0 Å². The lowest BCUT2D eigenvalue weighted by Crippen LogP contribution is -2.51. The van der Waals surface area contributed by atoms with Crippen LogP contribution >= 0.6 is 0 Å². The maximum atomic E-state index is 11.4. The number of hydrogen-bond acceptors (Lipinski definition) is 4. The Kier molecular flexibility index (Phi) is 4.51. The Labute approximate surface area is 92.8 Å². The van der Waals surface area contributed by atoms with E-state index in [-0.39, 0.29) is 12.1 Å². The summed E-state index contributed by atoms with van der Waals surface area (Å²) in [4.78, 5) is 21.9. The van der Waals surface area contributed by atoms with Crippen LogP contribution in [0.25, 0.3) is 0 Å². The molecule has 16 heavy (non-hydrogen) atoms. The van der Waals surface area contributed by atoms with Crippen molar-refractivity contribution in [3.05, 3.63) is 0 Å². The molecule has 1 fully saturated rings. The zero-order valence-corrected chi connectivity index (χ0v) is 8.97. The molecule has 92 valence electrons. The number of carbonyl (C=O) groups is 2. The summed E-state index contributed by atoms with van der Waals surface area (Å²) in [7, 11) is 0. The Morgan fingerprint density at radius 3 is 2.69 bits per heavy atom. The van der Waals surface area contributed by atoms with Gasteiger partial charge in [0.05, 0.1) is 18.8 Å². The average Bonchev–Trinajstić information content (AvgIpc) is 2.60. The molecule has 1 rings (SSSR count). The average molecular weight is 232 g/mol. The first-order valence-corrected chi connectivity index (χ1v) is 5.07. The van der Waals surface area contributed by atoms with E-state index in [1.165, 1.54) is 0 Å². The van der Waals surface area contributed by atoms with Crippen LogP contribution in [-0.2, 0) is 9.53 Å². The quantitative estimate of drug-likeness (QED) is 0.492. The topological polar surface area (TPSA) is 108 Å². The highest BCUT2D eigenvalue weighted by molar-refractivity contribution is 5.82. The number of aliphatic hydroxyl groups excluding tert-OH is 1. The Morgan fingerprint density at radius 2 is 2.25 bits per heavy atom. The van der Waals surface area contributed by atoms with E-state index < -0.39 is 24.6 Å². The summed E-state index contributed by atoms with van der Waals surface area (Å²) in [6.45, 7) is 1.77. The molecule has 1 aliphatic rings. The molecule has 2 amide bonds. The van der Waals surface area contributed by atoms with Crippen LogP contribution in [0.5, 0.6) is 0 Å². The maximum absolute atomic E-state index is 11.4. The molecule has 2 unspecified atom stereocenters. The van der Waals surface area contributed by atoms with Crippen molar-refractivity contribution >= 4 is 12.0 Å². The minimum Gasteiger partial charge on any atom is -0.480 e. The highest BCUT2D eigenvalue weighted by Gasteiger charge is 2.27. The van der Waals surface area contributed by atoms with Gasteiger partial charge in [-0.05, 0) is 13.3 Å². The van der Waals surface area contributed by atoms with Gasteiger partial charge in [-0.25, -0.2) is 9.59 Å². The van der Waals surface area contributed by atoms with Crippen molar-refractivity contribution in [1.82, 2.24) is 10.6 Å². The number of rotatable bonds is 4. The molecule has 0 aromatic rings. The Bertz CT molecular complexity index is 271. The van der Waals surface area contributed by atoms with Gasteiger partial charge < -0.3 is 25.6 Å². The van der Waals surface area contributed by atoms with E-state index in [1.54, 1.807) is 0 Å². The van der Waals surface area contributed by atoms with Gasteiger partial charge in [0.2, 0.25) is 0 Å². The van der Waals surface area contributed by atoms with Crippen molar-refractivity contribution in [2.45, 2.75) is 31.5 Å². The molecule has 0 aromatic carbocycles. The van der Waals surface area contributed by atoms with Crippen LogP contribution in [0.3, 0.4) is 0 Å². The molecule has 1 saturated heterocycles. The summed E-state index contributed by atoms with van der Waals surface area (Å²) in [6, 6.07) is -2.01. The number of aliphatic hydroxyl groups is 1. The summed E-state index contributed by atoms with van der Waals surface area (Å²) in [5, 5.41) is 22.1. The largest absolute Gasteiger partial charge is 0.480 e. The van der Waals surface area contributed by atoms with Gasteiger partial charge in [0.1, 0.15) is 0 Å². The zero-order chi connectivity index (χ0) is 12.1. The van der Waals surface area contributed by atoms with E-state index in [1.807, 2.05) is 6.92 Å². The van der Waals surface area contributed by atoms with Gasteiger partial charge in [0.15, 0.2) is 6.04 Å². The van der Waals surface area contributed by atoms with Crippen LogP contribution < -0.4 is 10.6 Å². The van der Waals surface area contributed by atoms with E-state index >= 15 is 0 Å². The van der Waals surface area contributed by atoms with Crippen LogP contribution in [0.1, 0.15) is 13.3 Å². The monoisotopic (exact) mass is 232 g/mol. The lowest BCUT2D eigenvalue weighted by molar-refractivity contribution is -0.140. The van der Waals surface area contributed by atoms with Crippen molar-refractivity contribution in [1.29, 1.82) is 0 Å². The fraction of sp³-hybridized carbons (Fsp3) is 0.778. The van der Waals surface area contributed by atoms with Crippen LogP contribution in [-0.4, -0.2) is 53.6 Å². The van der Waals surface area contributed by atoms with Gasteiger partial charge in [-0.15, -0.1) is 0 Å². The van der Waals surface area contributed by atoms with Gasteiger partial charge in [0, 0.05) is 6.61 Å². The van der Waals surface area contributed by atoms with Gasteiger partial charge in [-0.2, -0.15) is 0 Å². The number of carbonyl (C=O) groups excluding carboxylic acids is 1. The number of amides is 2. The summed E-state index contributed by atoms with van der Waals surface area (Å²) >= 11 is 0. The van der Waals surface area contributed by atoms with E-state index in [9.17, 15) is 9.59 Å². The number of nitrogens with one attached hydrogen (secondary N) is 2. The van der Waals surface area contributed by atoms with Gasteiger partial charge in [-0.3, -0.25) is 0 Å². The lowest BCUT2D eigenvalue weighted by Gasteiger charge is -2.18. The van der Waals surface area contributed by atoms with Gasteiger partial charge in [0.25, 0.3) is 0 Å². The summed E-state index contributed by atoms with van der Waals surface area (Å²) in [5.74, 6) is -1.27. The first-order chi connectivity index (χ1) is 7.54. The van der Waals surface area contributed by atoms with E-state index in [4.69, 9.17) is 14.9 Å². The summed E-state index contributed by atoms with van der Waals surface area (Å²) < 4.78 is 5.24. The van der Waals surface area contributed by atoms with E-state index in [2.05, 4.69) is 10.6 Å². The summed E-state index contributed by atoms with van der Waals surface area (Å²) in [6.07, 6.45) is 0.619. The highest BCUT2D eigenvalue weighted by Crippen LogP contribution is 2.12. The SMILES string of the molecule is CC1OCCC1NC(=O)N[C@H](CO)C(=O)O. The zero-order valence-electron chi connectivity index (χ0n) is 8.97. The van der Waals surface area contributed by atoms with E-state index in [0.717, 1.165) is 0 Å². The molecule has 0 saturated carbocycles. The first-order valence-electron chi connectivity index (χ1n) is 5.07. The predicted molar refractivity (Wildman–Crippen MR) is 54.0 cm³/mol. The fourth-order valence-corrected chi connectivity index (χ4v) is 1.48. The van der Waals surface area contributed by atoms with Gasteiger partial charge in [-0.1, -0.05) is 0 Å². The van der Waals surface area contributed by atoms with Crippen LogP contribution in [0.15, 0.2) is 0 Å². The van der Waals surface area contributed by atoms with Crippen LogP contribution in [0.2, 0.25) is 0 Å². The minimum atomic E-state index is -1.28. The molecule has 0 radical (unpaired) electrons. The fourth-order valence-electron chi connectivity index (χ4n) is 1.48. The van der Waals surface area contributed by atoms with Crippen molar-refractivity contribution in [3.8, 4) is 0 Å². The predicted octanol–water partition coefficient (Wildman–Crippen LogP) is -1.09. The highest BCUT2D eigenvalue weighted by atomic mass is 16.5. The third-order valence-electron chi connectivity index (χ3n) is 2.48. The molecular weight excluding hydrogens is 216 g/mol. The molecule has 3 atom stereocenters. The number of hydrogen-bond donors (Lipinski definition) is 4. The second-order valence-electron chi connectivity index (χ2n) is 3.66. The van der Waals surface area contributed by atoms with Crippen LogP contribution in [0.4, 0.5) is 4.79 Å². The maximum Gasteiger partial charge on any atom is 0.328 e. The molecule has 0 bridgehead atoms. The van der Waals surface area contributed by atoms with Crippen molar-refractivity contribution in [2.24, 2.45) is 0 Å². The molecule has 7 heteroatoms.